The Labute approximate surface area is 159 Å². The second-order valence-corrected chi connectivity index (χ2v) is 5.66. The molecule has 0 aliphatic heterocycles. The van der Waals surface area contributed by atoms with E-state index in [0.29, 0.717) is 11.4 Å². The Kier molecular flexibility index (Phi) is 5.59. The molecular formula is C20H15F2N3O3. The normalized spacial score (nSPS) is 10.2. The van der Waals surface area contributed by atoms with Crippen molar-refractivity contribution in [2.75, 3.05) is 17.7 Å². The minimum Gasteiger partial charge on any atom is -0.497 e. The molecular weight excluding hydrogens is 368 g/mol. The van der Waals surface area contributed by atoms with E-state index in [9.17, 15) is 18.4 Å². The van der Waals surface area contributed by atoms with Gasteiger partial charge in [-0.3, -0.25) is 14.6 Å². The summed E-state index contributed by atoms with van der Waals surface area (Å²) in [5.74, 6) is -2.51. The summed E-state index contributed by atoms with van der Waals surface area (Å²) in [7, 11) is 1.53. The first-order valence-electron chi connectivity index (χ1n) is 8.15. The van der Waals surface area contributed by atoms with Crippen LogP contribution in [0.15, 0.2) is 60.8 Å². The smallest absolute Gasteiger partial charge is 0.274 e. The molecule has 3 rings (SSSR count). The lowest BCUT2D eigenvalue weighted by Gasteiger charge is -2.09. The Bertz CT molecular complexity index is 1000. The average Bonchev–Trinajstić information content (AvgIpc) is 2.71. The van der Waals surface area contributed by atoms with Crippen molar-refractivity contribution in [2.45, 2.75) is 0 Å². The number of pyridine rings is 1. The lowest BCUT2D eigenvalue weighted by atomic mass is 10.2. The van der Waals surface area contributed by atoms with Gasteiger partial charge in [0.25, 0.3) is 11.8 Å². The largest absolute Gasteiger partial charge is 0.497 e. The molecule has 6 nitrogen and oxygen atoms in total. The maximum absolute atomic E-state index is 13.7. The number of benzene rings is 2. The van der Waals surface area contributed by atoms with Gasteiger partial charge < -0.3 is 15.4 Å². The van der Waals surface area contributed by atoms with Gasteiger partial charge in [0.15, 0.2) is 0 Å². The zero-order valence-corrected chi connectivity index (χ0v) is 14.7. The molecule has 0 aliphatic carbocycles. The summed E-state index contributed by atoms with van der Waals surface area (Å²) >= 11 is 0. The van der Waals surface area contributed by atoms with Crippen molar-refractivity contribution >= 4 is 23.2 Å². The number of amides is 2. The lowest BCUT2D eigenvalue weighted by molar-refractivity contribution is 0.102. The van der Waals surface area contributed by atoms with E-state index in [-0.39, 0.29) is 11.3 Å². The highest BCUT2D eigenvalue weighted by molar-refractivity contribution is 6.07. The summed E-state index contributed by atoms with van der Waals surface area (Å²) < 4.78 is 32.4. The number of nitrogens with one attached hydrogen (secondary N) is 2. The number of aromatic nitrogens is 1. The first-order valence-corrected chi connectivity index (χ1v) is 8.15. The number of carbonyl (C=O) groups is 2. The van der Waals surface area contributed by atoms with Crippen LogP contribution in [0.2, 0.25) is 0 Å². The highest BCUT2D eigenvalue weighted by Crippen LogP contribution is 2.19. The van der Waals surface area contributed by atoms with Crippen LogP contribution in [0.3, 0.4) is 0 Å². The standard InChI is InChI=1S/C20H15F2N3O3/c1-28-14-7-5-13(6-8-14)24-19(26)12-9-10-23-17(11-12)20(27)25-18-15(21)3-2-4-16(18)22/h2-11H,1H3,(H,24,26)(H,25,27). The predicted octanol–water partition coefficient (Wildman–Crippen LogP) is 3.87. The average molecular weight is 383 g/mol. The van der Waals surface area contributed by atoms with Crippen LogP contribution in [0.4, 0.5) is 20.2 Å². The van der Waals surface area contributed by atoms with Crippen molar-refractivity contribution in [1.82, 2.24) is 4.98 Å². The Morgan fingerprint density at radius 3 is 2.25 bits per heavy atom. The Morgan fingerprint density at radius 2 is 1.61 bits per heavy atom. The molecule has 2 aromatic carbocycles. The van der Waals surface area contributed by atoms with Crippen LogP contribution in [-0.4, -0.2) is 23.9 Å². The molecule has 28 heavy (non-hydrogen) atoms. The second kappa shape index (κ2) is 8.26. The van der Waals surface area contributed by atoms with Crippen LogP contribution in [-0.2, 0) is 0 Å². The van der Waals surface area contributed by atoms with E-state index >= 15 is 0 Å². The van der Waals surface area contributed by atoms with Gasteiger partial charge in [-0.15, -0.1) is 0 Å². The fourth-order valence-corrected chi connectivity index (χ4v) is 2.37. The second-order valence-electron chi connectivity index (χ2n) is 5.66. The lowest BCUT2D eigenvalue weighted by Crippen LogP contribution is -2.18. The van der Waals surface area contributed by atoms with Crippen molar-refractivity contribution in [1.29, 1.82) is 0 Å². The molecule has 0 aliphatic rings. The minimum absolute atomic E-state index is 0.157. The van der Waals surface area contributed by atoms with Gasteiger partial charge in [-0.25, -0.2) is 8.78 Å². The highest BCUT2D eigenvalue weighted by atomic mass is 19.1. The van der Waals surface area contributed by atoms with Crippen LogP contribution in [0, 0.1) is 11.6 Å². The molecule has 0 saturated carbocycles. The quantitative estimate of drug-likeness (QED) is 0.701. The van der Waals surface area contributed by atoms with E-state index < -0.39 is 29.1 Å². The molecule has 0 fully saturated rings. The van der Waals surface area contributed by atoms with Crippen molar-refractivity contribution < 1.29 is 23.1 Å². The van der Waals surface area contributed by atoms with Gasteiger partial charge in [-0.05, 0) is 48.5 Å². The first kappa shape index (κ1) is 19.0. The Balaban J connectivity index is 1.75. The number of hydrogen-bond acceptors (Lipinski definition) is 4. The topological polar surface area (TPSA) is 80.3 Å². The minimum atomic E-state index is -0.915. The van der Waals surface area contributed by atoms with E-state index in [1.807, 2.05) is 0 Å². The number of methoxy groups -OCH3 is 1. The van der Waals surface area contributed by atoms with Crippen molar-refractivity contribution in [3.63, 3.8) is 0 Å². The van der Waals surface area contributed by atoms with Gasteiger partial charge in [-0.1, -0.05) is 6.07 Å². The molecule has 0 spiro atoms. The molecule has 8 heteroatoms. The van der Waals surface area contributed by atoms with Crippen LogP contribution in [0.1, 0.15) is 20.8 Å². The van der Waals surface area contributed by atoms with Gasteiger partial charge in [0.05, 0.1) is 7.11 Å². The summed E-state index contributed by atoms with van der Waals surface area (Å²) in [6.07, 6.45) is 1.26. The van der Waals surface area contributed by atoms with Crippen molar-refractivity contribution in [3.05, 3.63) is 83.7 Å². The molecule has 1 aromatic heterocycles. The number of ether oxygens (including phenoxy) is 1. The van der Waals surface area contributed by atoms with Crippen molar-refractivity contribution in [3.8, 4) is 5.75 Å². The molecule has 0 unspecified atom stereocenters. The number of para-hydroxylation sites is 1. The number of nitrogens with zero attached hydrogens (tertiary/aromatic N) is 1. The van der Waals surface area contributed by atoms with E-state index in [2.05, 4.69) is 15.6 Å². The van der Waals surface area contributed by atoms with Crippen LogP contribution >= 0.6 is 0 Å². The monoisotopic (exact) mass is 383 g/mol. The third kappa shape index (κ3) is 4.29. The fourth-order valence-electron chi connectivity index (χ4n) is 2.37. The number of halogens is 2. The van der Waals surface area contributed by atoms with Gasteiger partial charge in [0, 0.05) is 17.4 Å². The number of hydrogen-bond donors (Lipinski definition) is 2. The van der Waals surface area contributed by atoms with E-state index in [4.69, 9.17) is 4.74 Å². The van der Waals surface area contributed by atoms with Gasteiger partial charge in [0.1, 0.15) is 28.8 Å². The predicted molar refractivity (Wildman–Crippen MR) is 99.5 cm³/mol. The molecule has 0 saturated heterocycles. The molecule has 0 bridgehead atoms. The van der Waals surface area contributed by atoms with Crippen LogP contribution in [0.25, 0.3) is 0 Å². The van der Waals surface area contributed by atoms with Crippen LogP contribution < -0.4 is 15.4 Å². The van der Waals surface area contributed by atoms with Crippen LogP contribution in [0.5, 0.6) is 5.75 Å². The molecule has 0 atom stereocenters. The summed E-state index contributed by atoms with van der Waals surface area (Å²) in [4.78, 5) is 28.5. The summed E-state index contributed by atoms with van der Waals surface area (Å²) in [5.41, 5.74) is -0.0561. The third-order valence-corrected chi connectivity index (χ3v) is 3.80. The zero-order valence-electron chi connectivity index (χ0n) is 14.7. The molecule has 3 aromatic rings. The van der Waals surface area contributed by atoms with Gasteiger partial charge in [0.2, 0.25) is 0 Å². The molecule has 2 amide bonds. The van der Waals surface area contributed by atoms with E-state index in [1.54, 1.807) is 24.3 Å². The molecule has 1 heterocycles. The van der Waals surface area contributed by atoms with E-state index in [0.717, 1.165) is 12.1 Å². The zero-order chi connectivity index (χ0) is 20.1. The maximum Gasteiger partial charge on any atom is 0.274 e. The van der Waals surface area contributed by atoms with Gasteiger partial charge >= 0.3 is 0 Å². The summed E-state index contributed by atoms with van der Waals surface area (Å²) in [6.45, 7) is 0. The van der Waals surface area contributed by atoms with Gasteiger partial charge in [-0.2, -0.15) is 0 Å². The molecule has 2 N–H and O–H groups in total. The third-order valence-electron chi connectivity index (χ3n) is 3.80. The number of anilines is 2. The number of rotatable bonds is 5. The Hall–Kier alpha value is -3.81. The maximum atomic E-state index is 13.7. The fraction of sp³-hybridized carbons (Fsp3) is 0.0500. The van der Waals surface area contributed by atoms with E-state index in [1.165, 1.54) is 31.5 Å². The van der Waals surface area contributed by atoms with Crippen molar-refractivity contribution in [2.24, 2.45) is 0 Å². The molecule has 142 valence electrons. The SMILES string of the molecule is COc1ccc(NC(=O)c2ccnc(C(=O)Nc3c(F)cccc3F)c2)cc1. The molecule has 0 radical (unpaired) electrons. The highest BCUT2D eigenvalue weighted by Gasteiger charge is 2.16. The number of carbonyl (C=O) groups excluding carboxylic acids is 2. The first-order chi connectivity index (χ1) is 13.5. The summed E-state index contributed by atoms with van der Waals surface area (Å²) in [5, 5.41) is 4.80. The summed E-state index contributed by atoms with van der Waals surface area (Å²) in [6, 6.07) is 12.6. The Morgan fingerprint density at radius 1 is 0.929 bits per heavy atom.